The van der Waals surface area contributed by atoms with Crippen LogP contribution < -0.4 is 9.80 Å². The molecule has 2 aliphatic heterocycles. The zero-order valence-corrected chi connectivity index (χ0v) is 26.5. The minimum absolute atomic E-state index is 0.0371. The summed E-state index contributed by atoms with van der Waals surface area (Å²) in [6.07, 6.45) is 2.33. The highest BCUT2D eigenvalue weighted by molar-refractivity contribution is 6.07. The number of hydrogen-bond acceptors (Lipinski definition) is 9. The van der Waals surface area contributed by atoms with Gasteiger partial charge in [0.2, 0.25) is 11.8 Å². The topological polar surface area (TPSA) is 171 Å². The van der Waals surface area contributed by atoms with E-state index >= 15 is 0 Å². The van der Waals surface area contributed by atoms with Crippen LogP contribution in [-0.2, 0) is 42.6 Å². The molecule has 1 fully saturated rings. The van der Waals surface area contributed by atoms with Crippen LogP contribution >= 0.6 is 0 Å². The Hall–Kier alpha value is -5.40. The summed E-state index contributed by atoms with van der Waals surface area (Å²) in [6.45, 7) is 3.02. The van der Waals surface area contributed by atoms with Gasteiger partial charge >= 0.3 is 5.97 Å². The van der Waals surface area contributed by atoms with Gasteiger partial charge in [-0.15, -0.1) is 0 Å². The summed E-state index contributed by atoms with van der Waals surface area (Å²) in [5.41, 5.74) is -0.210. The van der Waals surface area contributed by atoms with Crippen LogP contribution in [0.25, 0.3) is 0 Å². The third-order valence-corrected chi connectivity index (χ3v) is 8.52. The maximum Gasteiger partial charge on any atom is 0.304 e. The molecule has 13 nitrogen and oxygen atoms in total. The molecule has 3 atom stereocenters. The molecule has 0 aromatic heterocycles. The molecular weight excluding hydrogens is 620 g/mol. The number of aliphatic hydroxyl groups is 2. The standard InChI is InChI=1S/C35H36N4O9/c1-23(8-6-13-31(42)36(16-17-40)21-25-9-4-3-5-10-25)35(45)29-19-28(39(46)47)14-15-30(29)37(34(35)44)22-26-11-7-12-27(18-26)38-32(43)20-33(38)48-24(2)41/h3-12,14-15,18-19,23,33,40,45H,13,16-17,20-22H2,1-2H3/b8-6+/t23-,33?,35+/m1/s1. The molecule has 1 saturated heterocycles. The van der Waals surface area contributed by atoms with Crippen LogP contribution in [-0.4, -0.2) is 63.1 Å². The average molecular weight is 657 g/mol. The monoisotopic (exact) mass is 656 g/mol. The fraction of sp³-hybridized carbons (Fsp3) is 0.314. The molecule has 3 aromatic rings. The van der Waals surface area contributed by atoms with Crippen molar-refractivity contribution in [3.63, 3.8) is 0 Å². The van der Waals surface area contributed by atoms with Crippen LogP contribution in [0.15, 0.2) is 84.9 Å². The highest BCUT2D eigenvalue weighted by atomic mass is 16.6. The second kappa shape index (κ2) is 14.2. The molecule has 2 heterocycles. The number of amides is 3. The van der Waals surface area contributed by atoms with E-state index in [-0.39, 0.29) is 61.3 Å². The van der Waals surface area contributed by atoms with E-state index in [4.69, 9.17) is 4.74 Å². The number of benzene rings is 3. The van der Waals surface area contributed by atoms with Gasteiger partial charge in [-0.05, 0) is 29.3 Å². The number of ether oxygens (including phenoxy) is 1. The number of esters is 1. The third kappa shape index (κ3) is 6.82. The minimum Gasteiger partial charge on any atom is -0.441 e. The van der Waals surface area contributed by atoms with Gasteiger partial charge in [0.1, 0.15) is 0 Å². The van der Waals surface area contributed by atoms with Gasteiger partial charge in [-0.1, -0.05) is 61.5 Å². The Bertz CT molecular complexity index is 1760. The predicted molar refractivity (Wildman–Crippen MR) is 174 cm³/mol. The first kappa shape index (κ1) is 33.9. The van der Waals surface area contributed by atoms with Crippen LogP contribution in [0.1, 0.15) is 43.4 Å². The van der Waals surface area contributed by atoms with Gasteiger partial charge in [-0.3, -0.25) is 34.2 Å². The number of nitro groups is 1. The van der Waals surface area contributed by atoms with Crippen molar-refractivity contribution in [2.45, 2.75) is 51.6 Å². The summed E-state index contributed by atoms with van der Waals surface area (Å²) in [4.78, 5) is 66.2. The lowest BCUT2D eigenvalue weighted by Gasteiger charge is -2.39. The fourth-order valence-electron chi connectivity index (χ4n) is 6.03. The Labute approximate surface area is 276 Å². The highest BCUT2D eigenvalue weighted by Crippen LogP contribution is 2.47. The lowest BCUT2D eigenvalue weighted by atomic mass is 9.82. The number of non-ortho nitro benzene ring substituents is 1. The van der Waals surface area contributed by atoms with Crippen LogP contribution in [0.4, 0.5) is 17.1 Å². The van der Waals surface area contributed by atoms with Gasteiger partial charge in [-0.25, -0.2) is 0 Å². The van der Waals surface area contributed by atoms with Gasteiger partial charge in [-0.2, -0.15) is 0 Å². The lowest BCUT2D eigenvalue weighted by Crippen LogP contribution is -2.54. The molecule has 0 aliphatic carbocycles. The van der Waals surface area contributed by atoms with Crippen molar-refractivity contribution in [2.24, 2.45) is 5.92 Å². The van der Waals surface area contributed by atoms with Crippen LogP contribution in [0.2, 0.25) is 0 Å². The van der Waals surface area contributed by atoms with Crippen LogP contribution in [0.5, 0.6) is 0 Å². The molecule has 0 radical (unpaired) electrons. The summed E-state index contributed by atoms with van der Waals surface area (Å²) in [6, 6.07) is 19.9. The second-order valence-corrected chi connectivity index (χ2v) is 11.8. The van der Waals surface area contributed by atoms with E-state index in [1.54, 1.807) is 37.3 Å². The molecule has 0 bridgehead atoms. The normalized spacial score (nSPS) is 19.2. The number of nitrogens with zero attached hydrogens (tertiary/aromatic N) is 4. The summed E-state index contributed by atoms with van der Waals surface area (Å²) >= 11 is 0. The van der Waals surface area contributed by atoms with Gasteiger partial charge in [0, 0.05) is 55.7 Å². The molecule has 48 heavy (non-hydrogen) atoms. The van der Waals surface area contributed by atoms with Crippen LogP contribution in [0.3, 0.4) is 0 Å². The second-order valence-electron chi connectivity index (χ2n) is 11.8. The summed E-state index contributed by atoms with van der Waals surface area (Å²) in [5, 5.41) is 33.2. The number of anilines is 2. The number of aliphatic hydroxyl groups excluding tert-OH is 1. The van der Waals surface area contributed by atoms with Gasteiger partial charge in [0.25, 0.3) is 11.6 Å². The zero-order valence-electron chi connectivity index (χ0n) is 26.5. The van der Waals surface area contributed by atoms with E-state index in [0.29, 0.717) is 17.8 Å². The minimum atomic E-state index is -2.19. The molecule has 2 N–H and O–H groups in total. The Morgan fingerprint density at radius 3 is 2.50 bits per heavy atom. The van der Waals surface area contributed by atoms with E-state index in [0.717, 1.165) is 5.56 Å². The zero-order chi connectivity index (χ0) is 34.6. The third-order valence-electron chi connectivity index (χ3n) is 8.52. The lowest BCUT2D eigenvalue weighted by molar-refractivity contribution is -0.385. The molecule has 3 aromatic carbocycles. The Morgan fingerprint density at radius 2 is 1.83 bits per heavy atom. The van der Waals surface area contributed by atoms with Gasteiger partial charge in [0.05, 0.1) is 30.2 Å². The number of hydrogen-bond donors (Lipinski definition) is 2. The Kier molecular flexibility index (Phi) is 10.0. The fourth-order valence-corrected chi connectivity index (χ4v) is 6.03. The molecule has 1 unspecified atom stereocenters. The molecule has 0 spiro atoms. The number of carbonyl (C=O) groups excluding carboxylic acids is 4. The van der Waals surface area contributed by atoms with Gasteiger partial charge < -0.3 is 24.7 Å². The molecule has 2 aliphatic rings. The maximum atomic E-state index is 14.1. The number of β-lactam (4-membered cyclic amide) rings is 1. The number of fused-ring (bicyclic) bond motifs is 1. The van der Waals surface area contributed by atoms with Crippen molar-refractivity contribution in [1.29, 1.82) is 0 Å². The summed E-state index contributed by atoms with van der Waals surface area (Å²) in [5.74, 6) is -2.64. The summed E-state index contributed by atoms with van der Waals surface area (Å²) < 4.78 is 5.22. The average Bonchev–Trinajstić information content (AvgIpc) is 3.26. The number of carbonyl (C=O) groups is 4. The van der Waals surface area contributed by atoms with Crippen molar-refractivity contribution in [3.8, 4) is 0 Å². The van der Waals surface area contributed by atoms with Crippen molar-refractivity contribution in [1.82, 2.24) is 4.90 Å². The predicted octanol–water partition coefficient (Wildman–Crippen LogP) is 3.56. The van der Waals surface area contributed by atoms with Crippen molar-refractivity contribution in [2.75, 3.05) is 23.0 Å². The maximum absolute atomic E-state index is 14.1. The molecule has 3 amide bonds. The number of rotatable bonds is 13. The highest BCUT2D eigenvalue weighted by Gasteiger charge is 2.53. The molecule has 0 saturated carbocycles. The van der Waals surface area contributed by atoms with E-state index in [9.17, 15) is 39.5 Å². The molecule has 250 valence electrons. The molecule has 13 heteroatoms. The van der Waals surface area contributed by atoms with Crippen LogP contribution in [0, 0.1) is 16.0 Å². The first-order chi connectivity index (χ1) is 22.9. The van der Waals surface area contributed by atoms with E-state index < -0.39 is 34.5 Å². The quantitative estimate of drug-likeness (QED) is 0.0918. The molecule has 5 rings (SSSR count). The van der Waals surface area contributed by atoms with E-state index in [1.165, 1.54) is 45.9 Å². The van der Waals surface area contributed by atoms with Crippen molar-refractivity contribution < 1.29 is 39.1 Å². The van der Waals surface area contributed by atoms with E-state index in [1.807, 2.05) is 30.3 Å². The Morgan fingerprint density at radius 1 is 1.10 bits per heavy atom. The Balaban J connectivity index is 1.38. The largest absolute Gasteiger partial charge is 0.441 e. The van der Waals surface area contributed by atoms with E-state index in [2.05, 4.69) is 0 Å². The first-order valence-corrected chi connectivity index (χ1v) is 15.4. The van der Waals surface area contributed by atoms with Gasteiger partial charge in [0.15, 0.2) is 11.8 Å². The summed E-state index contributed by atoms with van der Waals surface area (Å²) in [7, 11) is 0. The SMILES string of the molecule is CC(=O)OC1CC(=O)N1c1cccc(CN2C(=O)[C@](O)([C@H](C)/C=C/CC(=O)N(CCO)Cc3ccccc3)c3cc([N+](=O)[O-])ccc32)c1. The first-order valence-electron chi connectivity index (χ1n) is 15.4. The number of nitro benzene ring substituents is 1. The van der Waals surface area contributed by atoms with Crippen molar-refractivity contribution >= 4 is 40.8 Å². The van der Waals surface area contributed by atoms with Crippen molar-refractivity contribution in [3.05, 3.63) is 112 Å². The smallest absolute Gasteiger partial charge is 0.304 e. The molecular formula is C35H36N4O9.